The predicted molar refractivity (Wildman–Crippen MR) is 113 cm³/mol. The molecule has 0 bridgehead atoms. The van der Waals surface area contributed by atoms with Gasteiger partial charge < -0.3 is 15.0 Å². The number of hydrogen-bond acceptors (Lipinski definition) is 5. The summed E-state index contributed by atoms with van der Waals surface area (Å²) in [4.78, 5) is 8.83. The Labute approximate surface area is 169 Å². The van der Waals surface area contributed by atoms with Crippen molar-refractivity contribution >= 4 is 39.8 Å². The van der Waals surface area contributed by atoms with Gasteiger partial charge in [0.15, 0.2) is 15.8 Å². The first-order chi connectivity index (χ1) is 11.2. The highest BCUT2D eigenvalue weighted by molar-refractivity contribution is 14.0. The van der Waals surface area contributed by atoms with Gasteiger partial charge in [-0.25, -0.2) is 8.42 Å². The number of aliphatic imine (C=N–C) groups is 1. The normalized spacial score (nSPS) is 25.1. The minimum absolute atomic E-state index is 0. The quantitative estimate of drug-likeness (QED) is 0.356. The summed E-state index contributed by atoms with van der Waals surface area (Å²) in [5.41, 5.74) is 0. The molecule has 0 radical (unpaired) electrons. The molecule has 0 aromatic carbocycles. The molecule has 0 aromatic rings. The lowest BCUT2D eigenvalue weighted by Crippen LogP contribution is -2.57. The van der Waals surface area contributed by atoms with Crippen LogP contribution in [0.4, 0.5) is 0 Å². The SMILES string of the molecule is CN=C(NCC(C)CN1CCOCC1)N1CCS(=O)(=O)C(C)(C)C1.I. The van der Waals surface area contributed by atoms with Crippen LogP contribution in [0.15, 0.2) is 4.99 Å². The summed E-state index contributed by atoms with van der Waals surface area (Å²) in [5.74, 6) is 1.47. The maximum absolute atomic E-state index is 12.1. The lowest BCUT2D eigenvalue weighted by molar-refractivity contribution is 0.0320. The molecular formula is C16H33IN4O3S. The van der Waals surface area contributed by atoms with E-state index in [0.717, 1.165) is 45.4 Å². The van der Waals surface area contributed by atoms with Gasteiger partial charge in [0.05, 0.1) is 23.7 Å². The van der Waals surface area contributed by atoms with Gasteiger partial charge in [0.2, 0.25) is 0 Å². The van der Waals surface area contributed by atoms with Gasteiger partial charge in [-0.05, 0) is 19.8 Å². The molecule has 1 atom stereocenters. The number of hydrogen-bond donors (Lipinski definition) is 1. The van der Waals surface area contributed by atoms with Crippen LogP contribution in [0.2, 0.25) is 0 Å². The molecule has 0 spiro atoms. The van der Waals surface area contributed by atoms with E-state index in [9.17, 15) is 8.42 Å². The summed E-state index contributed by atoms with van der Waals surface area (Å²) in [7, 11) is -1.27. The number of halogens is 1. The molecule has 1 N–H and O–H groups in total. The molecule has 0 saturated carbocycles. The van der Waals surface area contributed by atoms with E-state index in [1.54, 1.807) is 20.9 Å². The van der Waals surface area contributed by atoms with Crippen LogP contribution in [0, 0.1) is 5.92 Å². The van der Waals surface area contributed by atoms with E-state index in [0.29, 0.717) is 19.0 Å². The fourth-order valence-corrected chi connectivity index (χ4v) is 4.58. The first-order valence-corrected chi connectivity index (χ1v) is 10.4. The van der Waals surface area contributed by atoms with Crippen LogP contribution in [-0.2, 0) is 14.6 Å². The van der Waals surface area contributed by atoms with Crippen molar-refractivity contribution in [2.24, 2.45) is 10.9 Å². The first-order valence-electron chi connectivity index (χ1n) is 8.73. The van der Waals surface area contributed by atoms with Gasteiger partial charge in [0.1, 0.15) is 0 Å². The number of nitrogens with one attached hydrogen (secondary N) is 1. The topological polar surface area (TPSA) is 74.2 Å². The van der Waals surface area contributed by atoms with Gasteiger partial charge in [0, 0.05) is 46.3 Å². The molecule has 2 aliphatic rings. The average Bonchev–Trinajstić information content (AvgIpc) is 2.52. The van der Waals surface area contributed by atoms with E-state index in [1.165, 1.54) is 0 Å². The maximum Gasteiger partial charge on any atom is 0.193 e. The van der Waals surface area contributed by atoms with Crippen molar-refractivity contribution in [2.45, 2.75) is 25.5 Å². The van der Waals surface area contributed by atoms with Crippen LogP contribution < -0.4 is 5.32 Å². The second kappa shape index (κ2) is 9.70. The molecule has 2 aliphatic heterocycles. The van der Waals surface area contributed by atoms with Crippen molar-refractivity contribution in [2.75, 3.05) is 65.3 Å². The molecule has 0 aromatic heterocycles. The summed E-state index contributed by atoms with van der Waals surface area (Å²) < 4.78 is 28.9. The van der Waals surface area contributed by atoms with Crippen LogP contribution >= 0.6 is 24.0 Å². The van der Waals surface area contributed by atoms with E-state index in [-0.39, 0.29) is 29.7 Å². The molecule has 2 heterocycles. The van der Waals surface area contributed by atoms with Gasteiger partial charge in [0.25, 0.3) is 0 Å². The first kappa shape index (κ1) is 22.9. The smallest absolute Gasteiger partial charge is 0.193 e. The molecule has 0 aliphatic carbocycles. The predicted octanol–water partition coefficient (Wildman–Crippen LogP) is 0.657. The molecule has 2 fully saturated rings. The van der Waals surface area contributed by atoms with Crippen molar-refractivity contribution in [3.8, 4) is 0 Å². The highest BCUT2D eigenvalue weighted by Gasteiger charge is 2.40. The van der Waals surface area contributed by atoms with Crippen LogP contribution in [0.1, 0.15) is 20.8 Å². The molecule has 25 heavy (non-hydrogen) atoms. The average molecular weight is 488 g/mol. The Kier molecular flexibility index (Phi) is 8.89. The van der Waals surface area contributed by atoms with E-state index in [2.05, 4.69) is 27.0 Å². The lowest BCUT2D eigenvalue weighted by atomic mass is 10.1. The summed E-state index contributed by atoms with van der Waals surface area (Å²) in [6.07, 6.45) is 0. The zero-order valence-electron chi connectivity index (χ0n) is 15.8. The number of morpholine rings is 1. The highest BCUT2D eigenvalue weighted by Crippen LogP contribution is 2.23. The van der Waals surface area contributed by atoms with Crippen molar-refractivity contribution in [1.82, 2.24) is 15.1 Å². The fraction of sp³-hybridized carbons (Fsp3) is 0.938. The van der Waals surface area contributed by atoms with Crippen molar-refractivity contribution in [3.05, 3.63) is 0 Å². The summed E-state index contributed by atoms with van der Waals surface area (Å²) in [6, 6.07) is 0. The highest BCUT2D eigenvalue weighted by atomic mass is 127. The number of guanidine groups is 1. The summed E-state index contributed by atoms with van der Waals surface area (Å²) in [6.45, 7) is 12.3. The van der Waals surface area contributed by atoms with Crippen LogP contribution in [-0.4, -0.2) is 94.2 Å². The maximum atomic E-state index is 12.1. The van der Waals surface area contributed by atoms with Crippen molar-refractivity contribution in [1.29, 1.82) is 0 Å². The van der Waals surface area contributed by atoms with Crippen LogP contribution in [0.5, 0.6) is 0 Å². The second-order valence-electron chi connectivity index (χ2n) is 7.45. The largest absolute Gasteiger partial charge is 0.379 e. The molecule has 7 nitrogen and oxygen atoms in total. The van der Waals surface area contributed by atoms with Gasteiger partial charge in [-0.2, -0.15) is 0 Å². The van der Waals surface area contributed by atoms with E-state index >= 15 is 0 Å². The fourth-order valence-electron chi connectivity index (χ4n) is 3.21. The molecule has 2 saturated heterocycles. The lowest BCUT2D eigenvalue weighted by Gasteiger charge is -2.39. The van der Waals surface area contributed by atoms with Gasteiger partial charge in [-0.15, -0.1) is 24.0 Å². The Morgan fingerprint density at radius 3 is 2.48 bits per heavy atom. The third-order valence-corrected chi connectivity index (χ3v) is 7.37. The zero-order valence-corrected chi connectivity index (χ0v) is 19.0. The number of nitrogens with zero attached hydrogens (tertiary/aromatic N) is 3. The molecule has 9 heteroatoms. The molecule has 2 rings (SSSR count). The Hall–Kier alpha value is -0.130. The number of sulfone groups is 1. The molecule has 0 amide bonds. The summed E-state index contributed by atoms with van der Waals surface area (Å²) in [5, 5.41) is 3.42. The van der Waals surface area contributed by atoms with Gasteiger partial charge in [-0.3, -0.25) is 9.89 Å². The van der Waals surface area contributed by atoms with Crippen LogP contribution in [0.25, 0.3) is 0 Å². The zero-order chi connectivity index (χ0) is 17.8. The Bertz CT molecular complexity index is 548. The standard InChI is InChI=1S/C16H32N4O3S.HI/c1-14(12-19-5-8-23-9-6-19)11-18-15(17-4)20-7-10-24(21,22)16(2,3)13-20;/h14H,5-13H2,1-4H3,(H,17,18);1H. The van der Waals surface area contributed by atoms with E-state index in [4.69, 9.17) is 4.74 Å². The minimum Gasteiger partial charge on any atom is -0.379 e. The number of rotatable bonds is 4. The van der Waals surface area contributed by atoms with Gasteiger partial charge >= 0.3 is 0 Å². The Morgan fingerprint density at radius 2 is 1.92 bits per heavy atom. The third-order valence-electron chi connectivity index (χ3n) is 4.84. The van der Waals surface area contributed by atoms with Crippen LogP contribution in [0.3, 0.4) is 0 Å². The minimum atomic E-state index is -3.03. The van der Waals surface area contributed by atoms with E-state index in [1.807, 2.05) is 0 Å². The van der Waals surface area contributed by atoms with Crippen molar-refractivity contribution in [3.63, 3.8) is 0 Å². The van der Waals surface area contributed by atoms with Crippen molar-refractivity contribution < 1.29 is 13.2 Å². The third kappa shape index (κ3) is 6.21. The van der Waals surface area contributed by atoms with E-state index < -0.39 is 14.6 Å². The molecule has 1 unspecified atom stereocenters. The molecule has 148 valence electrons. The monoisotopic (exact) mass is 488 g/mol. The second-order valence-corrected chi connectivity index (χ2v) is 10.2. The Balaban J connectivity index is 0.00000312. The molecular weight excluding hydrogens is 455 g/mol. The Morgan fingerprint density at radius 1 is 1.28 bits per heavy atom. The summed E-state index contributed by atoms with van der Waals surface area (Å²) >= 11 is 0. The number of ether oxygens (including phenoxy) is 1. The van der Waals surface area contributed by atoms with Gasteiger partial charge in [-0.1, -0.05) is 6.92 Å².